The minimum absolute atomic E-state index is 0.0761. The predicted octanol–water partition coefficient (Wildman–Crippen LogP) is 4.27. The number of aromatic hydroxyl groups is 1. The van der Waals surface area contributed by atoms with Crippen molar-refractivity contribution in [2.75, 3.05) is 5.75 Å². The maximum absolute atomic E-state index is 12.9. The van der Waals surface area contributed by atoms with Gasteiger partial charge in [-0.1, -0.05) is 19.3 Å². The molecular weight excluding hydrogens is 348 g/mol. The molecule has 142 valence electrons. The summed E-state index contributed by atoms with van der Waals surface area (Å²) < 4.78 is 25.7. The summed E-state index contributed by atoms with van der Waals surface area (Å²) in [7, 11) is -3.37. The highest BCUT2D eigenvalue weighted by atomic mass is 32.2. The maximum atomic E-state index is 12.9. The monoisotopic (exact) mass is 376 g/mol. The van der Waals surface area contributed by atoms with E-state index in [4.69, 9.17) is 0 Å². The SMILES string of the molecule is O=C(CC1CCC1)C12CCC(CS(=O)(=O)c3ccc(O)cc3)(CC1)CC2. The summed E-state index contributed by atoms with van der Waals surface area (Å²) in [5, 5.41) is 9.39. The molecule has 0 aromatic heterocycles. The summed E-state index contributed by atoms with van der Waals surface area (Å²) in [5.41, 5.74) is -0.325. The molecule has 1 N–H and O–H groups in total. The van der Waals surface area contributed by atoms with Crippen LogP contribution in [0.1, 0.15) is 64.2 Å². The minimum Gasteiger partial charge on any atom is -0.508 e. The third-order valence-electron chi connectivity index (χ3n) is 7.38. The van der Waals surface area contributed by atoms with E-state index in [1.807, 2.05) is 0 Å². The second-order valence-electron chi connectivity index (χ2n) is 8.96. The molecule has 4 aliphatic rings. The molecule has 0 amide bonds. The molecular formula is C21H28O4S. The van der Waals surface area contributed by atoms with Gasteiger partial charge in [0, 0.05) is 11.8 Å². The van der Waals surface area contributed by atoms with Crippen molar-refractivity contribution in [2.45, 2.75) is 69.1 Å². The lowest BCUT2D eigenvalue weighted by atomic mass is 9.52. The van der Waals surface area contributed by atoms with Crippen LogP contribution in [0.5, 0.6) is 5.75 Å². The van der Waals surface area contributed by atoms with E-state index in [-0.39, 0.29) is 27.2 Å². The van der Waals surface area contributed by atoms with Crippen LogP contribution in [0.25, 0.3) is 0 Å². The molecule has 0 saturated heterocycles. The lowest BCUT2D eigenvalue weighted by molar-refractivity contribution is -0.138. The molecule has 0 atom stereocenters. The molecule has 0 spiro atoms. The number of sulfone groups is 1. The quantitative estimate of drug-likeness (QED) is 0.805. The van der Waals surface area contributed by atoms with Gasteiger partial charge in [0.05, 0.1) is 10.6 Å². The first-order chi connectivity index (χ1) is 12.3. The second-order valence-corrected chi connectivity index (χ2v) is 10.9. The number of carbonyl (C=O) groups is 1. The maximum Gasteiger partial charge on any atom is 0.178 e. The number of ketones is 1. The van der Waals surface area contributed by atoms with Gasteiger partial charge in [-0.2, -0.15) is 0 Å². The highest BCUT2D eigenvalue weighted by Gasteiger charge is 2.53. The number of Topliss-reactive ketones (excluding diaryl/α,β-unsaturated/α-hetero) is 1. The standard InChI is InChI=1S/C21H28O4S/c22-17-4-6-18(7-5-17)26(24,25)15-20-8-11-21(12-9-20,13-10-20)19(23)14-16-2-1-3-16/h4-7,16,22H,1-3,8-15H2. The van der Waals surface area contributed by atoms with Crippen molar-refractivity contribution in [3.8, 4) is 5.75 Å². The fourth-order valence-electron chi connectivity index (χ4n) is 5.21. The zero-order valence-corrected chi connectivity index (χ0v) is 16.1. The molecule has 4 saturated carbocycles. The van der Waals surface area contributed by atoms with E-state index < -0.39 is 9.84 Å². The van der Waals surface area contributed by atoms with Crippen LogP contribution in [0.2, 0.25) is 0 Å². The molecule has 5 heteroatoms. The van der Waals surface area contributed by atoms with Gasteiger partial charge in [-0.25, -0.2) is 8.42 Å². The van der Waals surface area contributed by atoms with Gasteiger partial charge in [0.25, 0.3) is 0 Å². The van der Waals surface area contributed by atoms with Crippen LogP contribution >= 0.6 is 0 Å². The van der Waals surface area contributed by atoms with Gasteiger partial charge >= 0.3 is 0 Å². The molecule has 0 unspecified atom stereocenters. The van der Waals surface area contributed by atoms with Crippen LogP contribution in [0.4, 0.5) is 0 Å². The average molecular weight is 377 g/mol. The minimum atomic E-state index is -3.37. The zero-order valence-electron chi connectivity index (χ0n) is 15.2. The summed E-state index contributed by atoms with van der Waals surface area (Å²) in [5.74, 6) is 1.31. The summed E-state index contributed by atoms with van der Waals surface area (Å²) in [6.45, 7) is 0. The van der Waals surface area contributed by atoms with Gasteiger partial charge in [0.2, 0.25) is 0 Å². The van der Waals surface area contributed by atoms with Crippen molar-refractivity contribution in [3.63, 3.8) is 0 Å². The van der Waals surface area contributed by atoms with Crippen LogP contribution in [-0.2, 0) is 14.6 Å². The highest BCUT2D eigenvalue weighted by molar-refractivity contribution is 7.91. The molecule has 1 aromatic rings. The second kappa shape index (κ2) is 6.36. The topological polar surface area (TPSA) is 71.4 Å². The van der Waals surface area contributed by atoms with E-state index in [0.29, 0.717) is 11.7 Å². The Bertz CT molecular complexity index is 765. The van der Waals surface area contributed by atoms with Crippen molar-refractivity contribution in [1.82, 2.24) is 0 Å². The number of carbonyl (C=O) groups excluding carboxylic acids is 1. The van der Waals surface area contributed by atoms with E-state index in [9.17, 15) is 18.3 Å². The Morgan fingerprint density at radius 1 is 1.00 bits per heavy atom. The predicted molar refractivity (Wildman–Crippen MR) is 99.7 cm³/mol. The lowest BCUT2D eigenvalue weighted by Gasteiger charge is -2.53. The lowest BCUT2D eigenvalue weighted by Crippen LogP contribution is -2.48. The van der Waals surface area contributed by atoms with Crippen molar-refractivity contribution in [1.29, 1.82) is 0 Å². The molecule has 0 aliphatic heterocycles. The molecule has 0 radical (unpaired) electrons. The molecule has 26 heavy (non-hydrogen) atoms. The number of phenols is 1. The zero-order chi connectivity index (χ0) is 18.4. The molecule has 4 nitrogen and oxygen atoms in total. The van der Waals surface area contributed by atoms with Crippen molar-refractivity contribution >= 4 is 15.6 Å². The largest absolute Gasteiger partial charge is 0.508 e. The van der Waals surface area contributed by atoms with Gasteiger partial charge in [0.1, 0.15) is 11.5 Å². The van der Waals surface area contributed by atoms with E-state index in [0.717, 1.165) is 44.9 Å². The Morgan fingerprint density at radius 2 is 1.58 bits per heavy atom. The van der Waals surface area contributed by atoms with Crippen molar-refractivity contribution in [3.05, 3.63) is 24.3 Å². The smallest absolute Gasteiger partial charge is 0.178 e. The van der Waals surface area contributed by atoms with E-state index in [1.54, 1.807) is 0 Å². The number of fused-ring (bicyclic) bond motifs is 3. The Labute approximate surface area is 155 Å². The van der Waals surface area contributed by atoms with Gasteiger partial charge in [0.15, 0.2) is 9.84 Å². The first-order valence-electron chi connectivity index (χ1n) is 9.88. The summed E-state index contributed by atoms with van der Waals surface area (Å²) >= 11 is 0. The summed E-state index contributed by atoms with van der Waals surface area (Å²) in [6, 6.07) is 5.83. The van der Waals surface area contributed by atoms with Crippen LogP contribution in [0, 0.1) is 16.7 Å². The Kier molecular flexibility index (Phi) is 4.41. The molecule has 4 fully saturated rings. The molecule has 0 heterocycles. The van der Waals surface area contributed by atoms with Gasteiger partial charge in [-0.05, 0) is 74.1 Å². The van der Waals surface area contributed by atoms with Crippen LogP contribution in [0.15, 0.2) is 29.2 Å². The van der Waals surface area contributed by atoms with E-state index in [1.165, 1.54) is 43.5 Å². The number of hydrogen-bond acceptors (Lipinski definition) is 4. The molecule has 2 bridgehead atoms. The highest BCUT2D eigenvalue weighted by Crippen LogP contribution is 2.58. The van der Waals surface area contributed by atoms with Crippen LogP contribution in [-0.4, -0.2) is 25.1 Å². The third-order valence-corrected chi connectivity index (χ3v) is 9.37. The third kappa shape index (κ3) is 3.19. The van der Waals surface area contributed by atoms with Crippen LogP contribution < -0.4 is 0 Å². The number of rotatable bonds is 6. The van der Waals surface area contributed by atoms with Gasteiger partial charge in [-0.3, -0.25) is 4.79 Å². The Hall–Kier alpha value is -1.36. The Balaban J connectivity index is 1.44. The van der Waals surface area contributed by atoms with E-state index >= 15 is 0 Å². The first kappa shape index (κ1) is 18.0. The van der Waals surface area contributed by atoms with Gasteiger partial charge in [-0.15, -0.1) is 0 Å². The van der Waals surface area contributed by atoms with Crippen molar-refractivity contribution in [2.24, 2.45) is 16.7 Å². The number of hydrogen-bond donors (Lipinski definition) is 1. The summed E-state index contributed by atoms with van der Waals surface area (Å²) in [6.07, 6.45) is 9.56. The Morgan fingerprint density at radius 3 is 2.08 bits per heavy atom. The van der Waals surface area contributed by atoms with Crippen LogP contribution in [0.3, 0.4) is 0 Å². The molecule has 4 aliphatic carbocycles. The summed E-state index contributed by atoms with van der Waals surface area (Å²) in [4.78, 5) is 13.2. The van der Waals surface area contributed by atoms with Crippen molar-refractivity contribution < 1.29 is 18.3 Å². The van der Waals surface area contributed by atoms with Gasteiger partial charge < -0.3 is 5.11 Å². The normalized spacial score (nSPS) is 31.5. The fourth-order valence-corrected chi connectivity index (χ4v) is 7.17. The molecule has 1 aromatic carbocycles. The van der Waals surface area contributed by atoms with E-state index in [2.05, 4.69) is 0 Å². The average Bonchev–Trinajstić information content (AvgIpc) is 2.59. The molecule has 5 rings (SSSR count). The fraction of sp³-hybridized carbons (Fsp3) is 0.667. The number of benzene rings is 1. The number of phenolic OH excluding ortho intramolecular Hbond substituents is 1. The first-order valence-corrected chi connectivity index (χ1v) is 11.5.